The van der Waals surface area contributed by atoms with Gasteiger partial charge in [0.1, 0.15) is 0 Å². The van der Waals surface area contributed by atoms with E-state index in [2.05, 4.69) is 38.2 Å². The molecule has 3 nitrogen and oxygen atoms in total. The van der Waals surface area contributed by atoms with E-state index in [0.717, 1.165) is 13.2 Å². The molecule has 0 amide bonds. The Bertz CT molecular complexity index is 259. The van der Waals surface area contributed by atoms with E-state index in [0.29, 0.717) is 6.04 Å². The highest BCUT2D eigenvalue weighted by molar-refractivity contribution is 4.96. The van der Waals surface area contributed by atoms with Crippen molar-refractivity contribution < 1.29 is 4.74 Å². The number of ether oxygens (including phenoxy) is 1. The van der Waals surface area contributed by atoms with E-state index in [9.17, 15) is 0 Å². The maximum Gasteiger partial charge on any atom is 0.0697 e. The third-order valence-electron chi connectivity index (χ3n) is 4.79. The van der Waals surface area contributed by atoms with Crippen LogP contribution in [0.4, 0.5) is 0 Å². The molecule has 1 unspecified atom stereocenters. The smallest absolute Gasteiger partial charge is 0.0697 e. The first-order chi connectivity index (χ1) is 7.94. The monoisotopic (exact) mass is 240 g/mol. The number of nitrogens with zero attached hydrogens (tertiary/aromatic N) is 1. The first-order valence-electron chi connectivity index (χ1n) is 6.98. The van der Waals surface area contributed by atoms with Crippen LogP contribution in [0.2, 0.25) is 0 Å². The molecule has 0 aromatic rings. The fourth-order valence-corrected chi connectivity index (χ4v) is 2.67. The second-order valence-electron chi connectivity index (χ2n) is 6.66. The first kappa shape index (κ1) is 13.3. The molecule has 0 aromatic carbocycles. The summed E-state index contributed by atoms with van der Waals surface area (Å²) in [6.45, 7) is 6.58. The quantitative estimate of drug-likeness (QED) is 0.813. The summed E-state index contributed by atoms with van der Waals surface area (Å²) in [5.41, 5.74) is 0.489. The lowest BCUT2D eigenvalue weighted by molar-refractivity contribution is -0.136. The fourth-order valence-electron chi connectivity index (χ4n) is 2.67. The van der Waals surface area contributed by atoms with Gasteiger partial charge in [0.15, 0.2) is 0 Å². The Balaban J connectivity index is 1.79. The van der Waals surface area contributed by atoms with Gasteiger partial charge in [-0.3, -0.25) is 0 Å². The van der Waals surface area contributed by atoms with E-state index in [4.69, 9.17) is 4.74 Å². The van der Waals surface area contributed by atoms with Crippen LogP contribution in [0.25, 0.3) is 0 Å². The molecule has 100 valence electrons. The molecule has 0 bridgehead atoms. The molecule has 1 atom stereocenters. The summed E-state index contributed by atoms with van der Waals surface area (Å²) in [6, 6.07) is 0.656. The number of hydrogen-bond acceptors (Lipinski definition) is 3. The molecule has 1 saturated carbocycles. The molecular weight excluding hydrogens is 212 g/mol. The summed E-state index contributed by atoms with van der Waals surface area (Å²) < 4.78 is 5.96. The molecule has 1 spiro atoms. The Kier molecular flexibility index (Phi) is 3.81. The van der Waals surface area contributed by atoms with Gasteiger partial charge in [-0.25, -0.2) is 0 Å². The Morgan fingerprint density at radius 2 is 2.06 bits per heavy atom. The van der Waals surface area contributed by atoms with Crippen molar-refractivity contribution in [3.05, 3.63) is 0 Å². The largest absolute Gasteiger partial charge is 0.375 e. The highest BCUT2D eigenvalue weighted by Gasteiger charge is 2.42. The van der Waals surface area contributed by atoms with Crippen molar-refractivity contribution in [2.75, 3.05) is 27.2 Å². The van der Waals surface area contributed by atoms with Crippen molar-refractivity contribution >= 4 is 0 Å². The Labute approximate surface area is 106 Å². The van der Waals surface area contributed by atoms with Gasteiger partial charge in [-0.05, 0) is 60.0 Å². The number of nitrogens with one attached hydrogen (secondary N) is 1. The Hall–Kier alpha value is -0.120. The summed E-state index contributed by atoms with van der Waals surface area (Å²) in [7, 11) is 4.30. The second-order valence-corrected chi connectivity index (χ2v) is 6.66. The zero-order valence-corrected chi connectivity index (χ0v) is 11.9. The molecule has 1 saturated heterocycles. The van der Waals surface area contributed by atoms with E-state index in [1.54, 1.807) is 0 Å². The Morgan fingerprint density at radius 1 is 1.35 bits per heavy atom. The maximum atomic E-state index is 5.96. The van der Waals surface area contributed by atoms with Gasteiger partial charge in [-0.15, -0.1) is 0 Å². The lowest BCUT2D eigenvalue weighted by Gasteiger charge is -2.48. The lowest BCUT2D eigenvalue weighted by atomic mass is 9.74. The van der Waals surface area contributed by atoms with Crippen molar-refractivity contribution in [2.45, 2.75) is 63.1 Å². The standard InChI is InChI=1S/C14H28N2O/c1-13(2,16(3)4)11-15-12-6-9-17-14(10-12)7-5-8-14/h12,15H,5-11H2,1-4H3. The van der Waals surface area contributed by atoms with E-state index in [1.165, 1.54) is 32.1 Å². The van der Waals surface area contributed by atoms with Crippen molar-refractivity contribution in [1.82, 2.24) is 10.2 Å². The molecule has 17 heavy (non-hydrogen) atoms. The molecule has 2 fully saturated rings. The number of hydrogen-bond donors (Lipinski definition) is 1. The van der Waals surface area contributed by atoms with Gasteiger partial charge in [0.2, 0.25) is 0 Å². The van der Waals surface area contributed by atoms with Crippen LogP contribution in [-0.4, -0.2) is 49.3 Å². The zero-order valence-electron chi connectivity index (χ0n) is 11.9. The Morgan fingerprint density at radius 3 is 2.59 bits per heavy atom. The summed E-state index contributed by atoms with van der Waals surface area (Å²) in [5, 5.41) is 3.74. The third kappa shape index (κ3) is 3.01. The lowest BCUT2D eigenvalue weighted by Crippen LogP contribution is -2.54. The SMILES string of the molecule is CN(C)C(C)(C)CNC1CCOC2(CCC2)C1. The average molecular weight is 240 g/mol. The number of rotatable bonds is 4. The summed E-state index contributed by atoms with van der Waals surface area (Å²) in [4.78, 5) is 2.29. The van der Waals surface area contributed by atoms with Crippen molar-refractivity contribution in [3.63, 3.8) is 0 Å². The van der Waals surface area contributed by atoms with Crippen molar-refractivity contribution in [2.24, 2.45) is 0 Å². The van der Waals surface area contributed by atoms with Gasteiger partial charge in [0, 0.05) is 24.7 Å². The first-order valence-corrected chi connectivity index (χ1v) is 6.98. The molecule has 0 aromatic heterocycles. The minimum atomic E-state index is 0.227. The minimum Gasteiger partial charge on any atom is -0.375 e. The van der Waals surface area contributed by atoms with Crippen LogP contribution < -0.4 is 5.32 Å². The third-order valence-corrected chi connectivity index (χ3v) is 4.79. The normalized spacial score (nSPS) is 28.4. The van der Waals surface area contributed by atoms with Gasteiger partial charge < -0.3 is 15.0 Å². The van der Waals surface area contributed by atoms with E-state index >= 15 is 0 Å². The summed E-state index contributed by atoms with van der Waals surface area (Å²) >= 11 is 0. The van der Waals surface area contributed by atoms with E-state index in [1.807, 2.05) is 0 Å². The van der Waals surface area contributed by atoms with Gasteiger partial charge in [0.25, 0.3) is 0 Å². The number of likely N-dealkylation sites (N-methyl/N-ethyl adjacent to an activating group) is 1. The van der Waals surface area contributed by atoms with Gasteiger partial charge in [-0.2, -0.15) is 0 Å². The van der Waals surface area contributed by atoms with Crippen molar-refractivity contribution in [3.8, 4) is 0 Å². The van der Waals surface area contributed by atoms with Crippen LogP contribution in [0.1, 0.15) is 46.0 Å². The minimum absolute atomic E-state index is 0.227. The average Bonchev–Trinajstić information content (AvgIpc) is 2.25. The van der Waals surface area contributed by atoms with Gasteiger partial charge >= 0.3 is 0 Å². The molecule has 1 heterocycles. The van der Waals surface area contributed by atoms with E-state index < -0.39 is 0 Å². The van der Waals surface area contributed by atoms with Crippen LogP contribution in [0.3, 0.4) is 0 Å². The van der Waals surface area contributed by atoms with Crippen LogP contribution in [0, 0.1) is 0 Å². The molecule has 2 rings (SSSR count). The predicted molar refractivity (Wildman–Crippen MR) is 71.3 cm³/mol. The van der Waals surface area contributed by atoms with Crippen molar-refractivity contribution in [1.29, 1.82) is 0 Å². The zero-order chi connectivity index (χ0) is 12.5. The highest BCUT2D eigenvalue weighted by Crippen LogP contribution is 2.42. The topological polar surface area (TPSA) is 24.5 Å². The fraction of sp³-hybridized carbons (Fsp3) is 1.00. The predicted octanol–water partition coefficient (Wildman–Crippen LogP) is 2.02. The molecule has 1 aliphatic carbocycles. The second kappa shape index (κ2) is 4.87. The molecule has 2 aliphatic rings. The highest BCUT2D eigenvalue weighted by atomic mass is 16.5. The molecule has 3 heteroatoms. The molecule has 1 N–H and O–H groups in total. The van der Waals surface area contributed by atoms with Gasteiger partial charge in [0.05, 0.1) is 5.60 Å². The molecule has 1 aliphatic heterocycles. The van der Waals surface area contributed by atoms with Crippen LogP contribution in [0.5, 0.6) is 0 Å². The maximum absolute atomic E-state index is 5.96. The summed E-state index contributed by atoms with van der Waals surface area (Å²) in [5.74, 6) is 0. The van der Waals surface area contributed by atoms with E-state index in [-0.39, 0.29) is 11.1 Å². The van der Waals surface area contributed by atoms with Crippen LogP contribution in [0.15, 0.2) is 0 Å². The van der Waals surface area contributed by atoms with Crippen LogP contribution >= 0.6 is 0 Å². The van der Waals surface area contributed by atoms with Crippen LogP contribution in [-0.2, 0) is 4.74 Å². The summed E-state index contributed by atoms with van der Waals surface area (Å²) in [6.07, 6.45) is 6.31. The van der Waals surface area contributed by atoms with Gasteiger partial charge in [-0.1, -0.05) is 0 Å². The molecular formula is C14H28N2O. The molecule has 0 radical (unpaired) electrons.